The quantitative estimate of drug-likeness (QED) is 0.665. The Morgan fingerprint density at radius 3 is 2.67 bits per heavy atom. The lowest BCUT2D eigenvalue weighted by Crippen LogP contribution is -2.25. The summed E-state index contributed by atoms with van der Waals surface area (Å²) in [5, 5.41) is 11.5. The summed E-state index contributed by atoms with van der Waals surface area (Å²) in [6, 6.07) is 11.3. The summed E-state index contributed by atoms with van der Waals surface area (Å²) in [4.78, 5) is 10.9. The summed E-state index contributed by atoms with van der Waals surface area (Å²) in [7, 11) is 0. The van der Waals surface area contributed by atoms with E-state index < -0.39 is 0 Å². The molecule has 0 aromatic heterocycles. The van der Waals surface area contributed by atoms with E-state index in [9.17, 15) is 9.90 Å². The molecular weight excluding hydrogens is 304 g/mol. The van der Waals surface area contributed by atoms with Gasteiger partial charge in [-0.1, -0.05) is 44.2 Å². The van der Waals surface area contributed by atoms with Crippen LogP contribution in [0.1, 0.15) is 38.9 Å². The highest BCUT2D eigenvalue weighted by atomic mass is 16.6. The van der Waals surface area contributed by atoms with Gasteiger partial charge in [-0.15, -0.1) is 0 Å². The van der Waals surface area contributed by atoms with Crippen LogP contribution in [0.15, 0.2) is 48.6 Å². The van der Waals surface area contributed by atoms with Crippen LogP contribution in [0.2, 0.25) is 0 Å². The van der Waals surface area contributed by atoms with E-state index in [1.165, 1.54) is 6.92 Å². The van der Waals surface area contributed by atoms with Crippen LogP contribution < -0.4 is 0 Å². The Morgan fingerprint density at radius 1 is 1.21 bits per heavy atom. The molecule has 1 unspecified atom stereocenters. The average Bonchev–Trinajstić information content (AvgIpc) is 2.61. The van der Waals surface area contributed by atoms with Crippen molar-refractivity contribution in [3.05, 3.63) is 54.1 Å². The van der Waals surface area contributed by atoms with Crippen molar-refractivity contribution in [2.45, 2.75) is 39.4 Å². The summed E-state index contributed by atoms with van der Waals surface area (Å²) in [6.07, 6.45) is 4.56. The van der Waals surface area contributed by atoms with Gasteiger partial charge >= 0.3 is 5.97 Å². The number of fused-ring (bicyclic) bond motifs is 1. The zero-order valence-corrected chi connectivity index (χ0v) is 14.4. The van der Waals surface area contributed by atoms with Crippen molar-refractivity contribution in [3.63, 3.8) is 0 Å². The van der Waals surface area contributed by atoms with Crippen molar-refractivity contribution in [1.82, 2.24) is 0 Å². The van der Waals surface area contributed by atoms with Crippen LogP contribution in [0.4, 0.5) is 0 Å². The first kappa shape index (κ1) is 18.0. The van der Waals surface area contributed by atoms with E-state index >= 15 is 0 Å². The molecule has 3 rings (SSSR count). The third kappa shape index (κ3) is 4.59. The molecule has 0 radical (unpaired) electrons. The molecule has 1 N–H and O–H groups in total. The number of rotatable bonds is 3. The summed E-state index contributed by atoms with van der Waals surface area (Å²) >= 11 is 0. The fourth-order valence-corrected chi connectivity index (χ4v) is 2.60. The topological polar surface area (TPSA) is 55.8 Å². The smallest absolute Gasteiger partial charge is 0.302 e. The van der Waals surface area contributed by atoms with Crippen LogP contribution in [0.25, 0.3) is 10.8 Å². The Balaban J connectivity index is 0.00000100. The lowest BCUT2D eigenvalue weighted by atomic mass is 10.0. The van der Waals surface area contributed by atoms with E-state index in [-0.39, 0.29) is 30.5 Å². The molecule has 0 bridgehead atoms. The summed E-state index contributed by atoms with van der Waals surface area (Å²) < 4.78 is 11.0. The average molecular weight is 328 g/mol. The van der Waals surface area contributed by atoms with Crippen molar-refractivity contribution in [2.24, 2.45) is 0 Å². The number of aromatic hydroxyl groups is 1. The van der Waals surface area contributed by atoms with Crippen LogP contribution in [0, 0.1) is 0 Å². The fraction of sp³-hybridized carbons (Fsp3) is 0.350. The van der Waals surface area contributed by atoms with Crippen molar-refractivity contribution in [3.8, 4) is 5.75 Å². The van der Waals surface area contributed by atoms with Crippen LogP contribution in [-0.2, 0) is 14.3 Å². The molecule has 1 aliphatic heterocycles. The monoisotopic (exact) mass is 328 g/mol. The predicted octanol–water partition coefficient (Wildman–Crippen LogP) is 4.52. The lowest BCUT2D eigenvalue weighted by molar-refractivity contribution is -0.146. The van der Waals surface area contributed by atoms with E-state index in [1.54, 1.807) is 12.1 Å². The number of esters is 1. The highest BCUT2D eigenvalue weighted by molar-refractivity contribution is 5.84. The van der Waals surface area contributed by atoms with Gasteiger partial charge in [0.1, 0.15) is 18.5 Å². The molecule has 0 spiro atoms. The van der Waals surface area contributed by atoms with Gasteiger partial charge in [0.25, 0.3) is 0 Å². The number of phenols is 1. The molecule has 1 heterocycles. The second kappa shape index (κ2) is 8.50. The summed E-state index contributed by atoms with van der Waals surface area (Å²) in [5.41, 5.74) is 1.04. The third-order valence-electron chi connectivity index (χ3n) is 3.70. The SMILES string of the molecule is CC.CC(=O)OCC1CC=C[C@@H](c2ccc3cc(O)ccc3c2)O1. The molecule has 2 aromatic rings. The molecule has 0 saturated carbocycles. The van der Waals surface area contributed by atoms with Crippen molar-refractivity contribution in [2.75, 3.05) is 6.61 Å². The number of hydrogen-bond donors (Lipinski definition) is 1. The predicted molar refractivity (Wildman–Crippen MR) is 95.0 cm³/mol. The Kier molecular flexibility index (Phi) is 6.38. The number of carbonyl (C=O) groups excluding carboxylic acids is 1. The number of benzene rings is 2. The molecule has 2 atom stereocenters. The molecule has 0 fully saturated rings. The van der Waals surface area contributed by atoms with E-state index in [0.717, 1.165) is 22.8 Å². The van der Waals surface area contributed by atoms with Gasteiger partial charge in [-0.2, -0.15) is 0 Å². The highest BCUT2D eigenvalue weighted by Gasteiger charge is 2.20. The zero-order valence-electron chi connectivity index (χ0n) is 14.4. The first-order valence-electron chi connectivity index (χ1n) is 8.30. The Hall–Kier alpha value is -2.33. The third-order valence-corrected chi connectivity index (χ3v) is 3.70. The van der Waals surface area contributed by atoms with Gasteiger partial charge in [-0.25, -0.2) is 0 Å². The number of phenolic OH excluding ortho intramolecular Hbond substituents is 1. The van der Waals surface area contributed by atoms with Gasteiger partial charge in [0.05, 0.1) is 6.10 Å². The van der Waals surface area contributed by atoms with Gasteiger partial charge in [-0.05, 0) is 41.0 Å². The molecule has 1 aliphatic rings. The van der Waals surface area contributed by atoms with Crippen LogP contribution in [0.5, 0.6) is 5.75 Å². The summed E-state index contributed by atoms with van der Waals surface area (Å²) in [6.45, 7) is 5.67. The molecular formula is C20H24O4. The van der Waals surface area contributed by atoms with Crippen LogP contribution in [0.3, 0.4) is 0 Å². The lowest BCUT2D eigenvalue weighted by Gasteiger charge is -2.26. The van der Waals surface area contributed by atoms with E-state index in [4.69, 9.17) is 9.47 Å². The van der Waals surface area contributed by atoms with Crippen molar-refractivity contribution < 1.29 is 19.4 Å². The molecule has 4 nitrogen and oxygen atoms in total. The van der Waals surface area contributed by atoms with Gasteiger partial charge in [-0.3, -0.25) is 4.79 Å². The van der Waals surface area contributed by atoms with E-state index in [2.05, 4.69) is 12.1 Å². The fourth-order valence-electron chi connectivity index (χ4n) is 2.60. The molecule has 2 aromatic carbocycles. The molecule has 24 heavy (non-hydrogen) atoms. The van der Waals surface area contributed by atoms with Crippen LogP contribution in [-0.4, -0.2) is 23.8 Å². The highest BCUT2D eigenvalue weighted by Crippen LogP contribution is 2.29. The van der Waals surface area contributed by atoms with Gasteiger partial charge in [0.15, 0.2) is 0 Å². The Morgan fingerprint density at radius 2 is 1.92 bits per heavy atom. The minimum Gasteiger partial charge on any atom is -0.508 e. The second-order valence-corrected chi connectivity index (χ2v) is 5.44. The van der Waals surface area contributed by atoms with Gasteiger partial charge in [0.2, 0.25) is 0 Å². The normalized spacial score (nSPS) is 19.5. The van der Waals surface area contributed by atoms with E-state index in [1.807, 2.05) is 38.1 Å². The van der Waals surface area contributed by atoms with Crippen molar-refractivity contribution >= 4 is 16.7 Å². The van der Waals surface area contributed by atoms with Gasteiger partial charge in [0, 0.05) is 6.92 Å². The largest absolute Gasteiger partial charge is 0.508 e. The minimum atomic E-state index is -0.291. The molecule has 0 aliphatic carbocycles. The van der Waals surface area contributed by atoms with Crippen molar-refractivity contribution in [1.29, 1.82) is 0 Å². The van der Waals surface area contributed by atoms with Crippen LogP contribution >= 0.6 is 0 Å². The first-order chi connectivity index (χ1) is 11.6. The number of carbonyl (C=O) groups is 1. The maximum absolute atomic E-state index is 10.9. The maximum atomic E-state index is 10.9. The zero-order chi connectivity index (χ0) is 17.5. The Labute approximate surface area is 142 Å². The molecule has 128 valence electrons. The standard InChI is InChI=1S/C18H18O4.C2H6/c1-12(19)21-11-17-3-2-4-18(22-17)15-6-5-14-10-16(20)8-7-13(14)9-15;1-2/h2,4-10,17-18,20H,3,11H2,1H3;1-2H3/t17?,18-;/m0./s1. The Bertz CT molecular complexity index is 721. The molecule has 4 heteroatoms. The molecule has 0 amide bonds. The molecule has 0 saturated heterocycles. The maximum Gasteiger partial charge on any atom is 0.302 e. The number of ether oxygens (including phenoxy) is 2. The second-order valence-electron chi connectivity index (χ2n) is 5.44. The van der Waals surface area contributed by atoms with Gasteiger partial charge < -0.3 is 14.6 Å². The first-order valence-corrected chi connectivity index (χ1v) is 8.30. The minimum absolute atomic E-state index is 0.116. The van der Waals surface area contributed by atoms with E-state index in [0.29, 0.717) is 0 Å². The summed E-state index contributed by atoms with van der Waals surface area (Å²) in [5.74, 6) is -0.0317. The number of hydrogen-bond acceptors (Lipinski definition) is 4.